The molecule has 2 nitrogen and oxygen atoms in total. The maximum Gasteiger partial charge on any atom is 0.115 e. The molecule has 1 aromatic carbocycles. The van der Waals surface area contributed by atoms with E-state index in [1.165, 1.54) is 49.8 Å². The van der Waals surface area contributed by atoms with Crippen molar-refractivity contribution in [2.45, 2.75) is 50.0 Å². The number of phenols is 1. The highest BCUT2D eigenvalue weighted by atomic mass is 127. The molecule has 3 atom stereocenters. The van der Waals surface area contributed by atoms with Crippen LogP contribution in [0.25, 0.3) is 0 Å². The largest absolute Gasteiger partial charge is 0.508 e. The van der Waals surface area contributed by atoms with E-state index in [1.807, 2.05) is 11.0 Å². The predicted molar refractivity (Wildman–Crippen MR) is 106 cm³/mol. The van der Waals surface area contributed by atoms with Gasteiger partial charge in [-0.05, 0) is 66.3 Å². The summed E-state index contributed by atoms with van der Waals surface area (Å²) in [6.45, 7) is 6.15. The van der Waals surface area contributed by atoms with Crippen LogP contribution in [0.1, 0.15) is 43.2 Å². The molecular formula is C20H28INO. The lowest BCUT2D eigenvalue weighted by Gasteiger charge is -2.59. The third-order valence-electron chi connectivity index (χ3n) is 6.30. The zero-order valence-electron chi connectivity index (χ0n) is 14.1. The average molecular weight is 425 g/mol. The molecule has 2 fully saturated rings. The van der Waals surface area contributed by atoms with Crippen LogP contribution in [0, 0.1) is 5.92 Å². The Kier molecular flexibility index (Phi) is 5.36. The molecule has 0 spiro atoms. The maximum absolute atomic E-state index is 9.98. The molecule has 1 heterocycles. The molecule has 4 rings (SSSR count). The van der Waals surface area contributed by atoms with Gasteiger partial charge in [-0.3, -0.25) is 4.90 Å². The second-order valence-electron chi connectivity index (χ2n) is 7.15. The first-order valence-electron chi connectivity index (χ1n) is 8.80. The van der Waals surface area contributed by atoms with E-state index in [9.17, 15) is 5.11 Å². The van der Waals surface area contributed by atoms with Crippen molar-refractivity contribution in [1.29, 1.82) is 0 Å². The molecule has 0 unspecified atom stereocenters. The molecule has 23 heavy (non-hydrogen) atoms. The molecule has 3 aliphatic rings. The van der Waals surface area contributed by atoms with Gasteiger partial charge in [-0.15, -0.1) is 6.58 Å². The molecule has 126 valence electrons. The molecule has 2 bridgehead atoms. The Morgan fingerprint density at radius 3 is 2.96 bits per heavy atom. The van der Waals surface area contributed by atoms with E-state index < -0.39 is 0 Å². The summed E-state index contributed by atoms with van der Waals surface area (Å²) < 4.78 is 0. The Labute approximate surface area is 154 Å². The molecule has 0 aromatic heterocycles. The lowest BCUT2D eigenvalue weighted by molar-refractivity contribution is -0.00517. The van der Waals surface area contributed by atoms with Gasteiger partial charge < -0.3 is 5.11 Å². The van der Waals surface area contributed by atoms with Gasteiger partial charge in [0.15, 0.2) is 0 Å². The van der Waals surface area contributed by atoms with Gasteiger partial charge in [-0.25, -0.2) is 0 Å². The maximum atomic E-state index is 9.98. The fourth-order valence-electron chi connectivity index (χ4n) is 5.47. The molecule has 1 saturated carbocycles. The normalized spacial score (nSPS) is 32.1. The summed E-state index contributed by atoms with van der Waals surface area (Å²) in [5, 5.41) is 9.98. The molecule has 1 aromatic rings. The highest BCUT2D eigenvalue weighted by Gasteiger charge is 2.53. The van der Waals surface area contributed by atoms with Crippen molar-refractivity contribution in [2.24, 2.45) is 5.92 Å². The van der Waals surface area contributed by atoms with E-state index in [0.29, 0.717) is 17.2 Å². The number of hydrogen-bond donors (Lipinski definition) is 1. The Morgan fingerprint density at radius 2 is 2.17 bits per heavy atom. The Balaban J connectivity index is 0.000000753. The summed E-state index contributed by atoms with van der Waals surface area (Å²) in [7, 11) is 0. The second-order valence-corrected chi connectivity index (χ2v) is 7.15. The monoisotopic (exact) mass is 425 g/mol. The number of benzene rings is 1. The van der Waals surface area contributed by atoms with Crippen LogP contribution in [0.2, 0.25) is 0 Å². The van der Waals surface area contributed by atoms with Crippen LogP contribution in [0.5, 0.6) is 5.75 Å². The number of aromatic hydroxyl groups is 1. The van der Waals surface area contributed by atoms with Gasteiger partial charge in [0.05, 0.1) is 0 Å². The van der Waals surface area contributed by atoms with Crippen LogP contribution in [0.3, 0.4) is 0 Å². The number of hydrogen-bond acceptors (Lipinski definition) is 2. The molecule has 1 N–H and O–H groups in total. The van der Waals surface area contributed by atoms with Crippen molar-refractivity contribution in [3.05, 3.63) is 42.0 Å². The van der Waals surface area contributed by atoms with Crippen LogP contribution in [0.15, 0.2) is 30.9 Å². The van der Waals surface area contributed by atoms with E-state index in [4.69, 9.17) is 0 Å². The lowest BCUT2D eigenvalue weighted by atomic mass is 9.52. The highest BCUT2D eigenvalue weighted by Crippen LogP contribution is 2.56. The first kappa shape index (κ1) is 17.3. The molecular weight excluding hydrogens is 397 g/mol. The summed E-state index contributed by atoms with van der Waals surface area (Å²) in [4.78, 5) is 4.62. The van der Waals surface area contributed by atoms with E-state index in [-0.39, 0.29) is 0 Å². The van der Waals surface area contributed by atoms with Crippen molar-refractivity contribution in [3.8, 4) is 5.75 Å². The van der Waals surface area contributed by atoms with Crippen LogP contribution in [-0.2, 0) is 11.8 Å². The van der Waals surface area contributed by atoms with E-state index in [0.717, 1.165) is 18.9 Å². The first-order chi connectivity index (χ1) is 11.2. The minimum absolute atomic E-state index is 0.340. The van der Waals surface area contributed by atoms with E-state index >= 15 is 0 Å². The summed E-state index contributed by atoms with van der Waals surface area (Å²) in [5.41, 5.74) is 3.29. The SMILES string of the molecule is C=CCN1CC[C@]23CCCC[C@H]2[C@H]1Cc1ccc(O)cc13.CI. The van der Waals surface area contributed by atoms with Gasteiger partial charge in [-0.2, -0.15) is 0 Å². The number of likely N-dealkylation sites (tertiary alicyclic amines) is 1. The predicted octanol–water partition coefficient (Wildman–Crippen LogP) is 4.69. The Bertz CT molecular complexity index is 573. The van der Waals surface area contributed by atoms with Gasteiger partial charge in [0, 0.05) is 18.0 Å². The van der Waals surface area contributed by atoms with E-state index in [1.54, 1.807) is 0 Å². The number of alkyl halides is 1. The summed E-state index contributed by atoms with van der Waals surface area (Å²) in [5.74, 6) is 1.22. The summed E-state index contributed by atoms with van der Waals surface area (Å²) in [6.07, 6.45) is 9.84. The molecule has 0 radical (unpaired) electrons. The third-order valence-corrected chi connectivity index (χ3v) is 6.30. The van der Waals surface area contributed by atoms with Gasteiger partial charge >= 0.3 is 0 Å². The fourth-order valence-corrected chi connectivity index (χ4v) is 5.47. The number of halogens is 1. The van der Waals surface area contributed by atoms with E-state index in [2.05, 4.69) is 52.3 Å². The fraction of sp³-hybridized carbons (Fsp3) is 0.600. The van der Waals surface area contributed by atoms with Crippen LogP contribution in [-0.4, -0.2) is 34.1 Å². The van der Waals surface area contributed by atoms with Crippen molar-refractivity contribution < 1.29 is 5.11 Å². The smallest absolute Gasteiger partial charge is 0.115 e. The Morgan fingerprint density at radius 1 is 1.35 bits per heavy atom. The number of phenolic OH excluding ortho intramolecular Hbond substituents is 1. The minimum atomic E-state index is 0.340. The molecule has 0 amide bonds. The van der Waals surface area contributed by atoms with Gasteiger partial charge in [0.25, 0.3) is 0 Å². The van der Waals surface area contributed by atoms with Crippen molar-refractivity contribution in [3.63, 3.8) is 0 Å². The van der Waals surface area contributed by atoms with Crippen molar-refractivity contribution >= 4 is 22.6 Å². The van der Waals surface area contributed by atoms with Crippen molar-refractivity contribution in [2.75, 3.05) is 18.0 Å². The van der Waals surface area contributed by atoms with Crippen LogP contribution in [0.4, 0.5) is 0 Å². The summed E-state index contributed by atoms with van der Waals surface area (Å²) in [6, 6.07) is 6.79. The van der Waals surface area contributed by atoms with Gasteiger partial charge in [-0.1, -0.05) is 47.6 Å². The first-order valence-corrected chi connectivity index (χ1v) is 11.0. The van der Waals surface area contributed by atoms with Crippen LogP contribution < -0.4 is 0 Å². The number of nitrogens with zero attached hydrogens (tertiary/aromatic N) is 1. The Hall–Kier alpha value is -0.550. The zero-order valence-corrected chi connectivity index (χ0v) is 16.3. The minimum Gasteiger partial charge on any atom is -0.508 e. The number of fused-ring (bicyclic) bond motifs is 1. The standard InChI is InChI=1S/C19H25NO.CH3I/c1-2-10-20-11-9-19-8-4-3-5-16(19)18(20)12-14-6-7-15(21)13-17(14)19;1-2/h2,6-7,13,16,18,21H,1,3-5,8-12H2;1H3/t16-,18+,19+;/m0./s1. The number of piperidine rings is 1. The zero-order chi connectivity index (χ0) is 16.4. The van der Waals surface area contributed by atoms with Crippen LogP contribution >= 0.6 is 22.6 Å². The highest BCUT2D eigenvalue weighted by molar-refractivity contribution is 14.1. The second kappa shape index (κ2) is 7.14. The molecule has 1 aliphatic heterocycles. The topological polar surface area (TPSA) is 23.5 Å². The molecule has 2 aliphatic carbocycles. The van der Waals surface area contributed by atoms with Crippen molar-refractivity contribution in [1.82, 2.24) is 4.90 Å². The average Bonchev–Trinajstić information content (AvgIpc) is 2.60. The number of rotatable bonds is 2. The quantitative estimate of drug-likeness (QED) is 0.422. The van der Waals surface area contributed by atoms with Gasteiger partial charge in [0.2, 0.25) is 0 Å². The molecule has 3 heteroatoms. The third kappa shape index (κ3) is 2.84. The lowest BCUT2D eigenvalue weighted by Crippen LogP contribution is -2.60. The van der Waals surface area contributed by atoms with Gasteiger partial charge in [0.1, 0.15) is 5.75 Å². The molecule has 1 saturated heterocycles. The summed E-state index contributed by atoms with van der Waals surface area (Å²) >= 11 is 2.15.